The fourth-order valence-corrected chi connectivity index (χ4v) is 3.28. The molecule has 0 radical (unpaired) electrons. The third kappa shape index (κ3) is 5.02. The van der Waals surface area contributed by atoms with Crippen molar-refractivity contribution in [1.29, 1.82) is 0 Å². The molecule has 3 rings (SSSR count). The average molecular weight is 443 g/mol. The number of likely N-dealkylation sites (tertiary alicyclic amines) is 1. The third-order valence-corrected chi connectivity index (χ3v) is 4.62. The van der Waals surface area contributed by atoms with E-state index in [0.29, 0.717) is 5.56 Å². The summed E-state index contributed by atoms with van der Waals surface area (Å²) in [7, 11) is 0. The van der Waals surface area contributed by atoms with E-state index in [9.17, 15) is 18.4 Å². The molecule has 2 heterocycles. The van der Waals surface area contributed by atoms with E-state index in [1.807, 2.05) is 0 Å². The molecule has 1 saturated heterocycles. The molecule has 2 atom stereocenters. The van der Waals surface area contributed by atoms with E-state index in [1.165, 1.54) is 12.1 Å². The van der Waals surface area contributed by atoms with E-state index in [4.69, 9.17) is 16.3 Å². The van der Waals surface area contributed by atoms with Gasteiger partial charge in [0.15, 0.2) is 0 Å². The van der Waals surface area contributed by atoms with Crippen LogP contribution in [0.4, 0.5) is 13.6 Å². The van der Waals surface area contributed by atoms with Gasteiger partial charge in [-0.3, -0.25) is 9.69 Å². The number of aromatic nitrogens is 4. The number of aromatic amines is 1. The second kappa shape index (κ2) is 8.50. The molecule has 1 aromatic heterocycles. The second-order valence-corrected chi connectivity index (χ2v) is 8.27. The number of benzene rings is 1. The van der Waals surface area contributed by atoms with Crippen molar-refractivity contribution in [1.82, 2.24) is 30.8 Å². The number of tetrazole rings is 1. The minimum atomic E-state index is -1.36. The van der Waals surface area contributed by atoms with Crippen molar-refractivity contribution in [2.75, 3.05) is 6.54 Å². The van der Waals surface area contributed by atoms with E-state index < -0.39 is 35.6 Å². The molecule has 2 amide bonds. The fourth-order valence-electron chi connectivity index (χ4n) is 3.04. The highest BCUT2D eigenvalue weighted by Gasteiger charge is 2.41. The SMILES string of the molecule is CC(C)(C)OC(=O)N1C[C@H](F)C[C@H]1C(=O)NCc1cc(-c2nn[nH]n2)cc(Cl)c1F. The first kappa shape index (κ1) is 21.9. The van der Waals surface area contributed by atoms with Crippen molar-refractivity contribution in [3.8, 4) is 11.4 Å². The number of nitrogens with one attached hydrogen (secondary N) is 2. The van der Waals surface area contributed by atoms with Crippen molar-refractivity contribution < 1.29 is 23.1 Å². The number of nitrogens with zero attached hydrogens (tertiary/aromatic N) is 4. The third-order valence-electron chi connectivity index (χ3n) is 4.34. The van der Waals surface area contributed by atoms with Crippen LogP contribution >= 0.6 is 11.6 Å². The highest BCUT2D eigenvalue weighted by molar-refractivity contribution is 6.31. The number of hydrogen-bond acceptors (Lipinski definition) is 6. The summed E-state index contributed by atoms with van der Waals surface area (Å²) in [5.74, 6) is -1.14. The van der Waals surface area contributed by atoms with Crippen LogP contribution in [0.3, 0.4) is 0 Å². The largest absolute Gasteiger partial charge is 0.444 e. The van der Waals surface area contributed by atoms with Gasteiger partial charge in [-0.15, -0.1) is 10.2 Å². The smallest absolute Gasteiger partial charge is 0.411 e. The highest BCUT2D eigenvalue weighted by atomic mass is 35.5. The Hall–Kier alpha value is -2.82. The lowest BCUT2D eigenvalue weighted by atomic mass is 10.1. The minimum absolute atomic E-state index is 0.0780. The van der Waals surface area contributed by atoms with Gasteiger partial charge in [-0.25, -0.2) is 13.6 Å². The number of rotatable bonds is 4. The van der Waals surface area contributed by atoms with Gasteiger partial charge in [0.05, 0.1) is 11.6 Å². The molecule has 1 fully saturated rings. The van der Waals surface area contributed by atoms with Gasteiger partial charge in [0.1, 0.15) is 23.6 Å². The average Bonchev–Trinajstić information content (AvgIpc) is 3.31. The number of H-pyrrole nitrogens is 1. The lowest BCUT2D eigenvalue weighted by Gasteiger charge is -2.27. The lowest BCUT2D eigenvalue weighted by molar-refractivity contribution is -0.125. The zero-order valence-corrected chi connectivity index (χ0v) is 17.3. The van der Waals surface area contributed by atoms with Crippen molar-refractivity contribution in [2.24, 2.45) is 0 Å². The molecule has 0 unspecified atom stereocenters. The first-order chi connectivity index (χ1) is 14.0. The summed E-state index contributed by atoms with van der Waals surface area (Å²) in [6.07, 6.45) is -2.31. The standard InChI is InChI=1S/C18H21ClF2N6O3/c1-18(2,3)30-17(29)27-8-11(20)6-13(27)16(28)22-7-10-4-9(5-12(19)14(10)21)15-23-25-26-24-15/h4-5,11,13H,6-8H2,1-3H3,(H,22,28)(H,23,24,25,26)/t11-,13+/m1/s1. The molecule has 2 aromatic rings. The Labute approximate surface area is 176 Å². The van der Waals surface area contributed by atoms with Crippen LogP contribution in [0.25, 0.3) is 11.4 Å². The first-order valence-corrected chi connectivity index (χ1v) is 9.56. The van der Waals surface area contributed by atoms with Crippen molar-refractivity contribution >= 4 is 23.6 Å². The van der Waals surface area contributed by atoms with E-state index in [0.717, 1.165) is 4.90 Å². The van der Waals surface area contributed by atoms with E-state index >= 15 is 0 Å². The second-order valence-electron chi connectivity index (χ2n) is 7.87. The number of halogens is 3. The van der Waals surface area contributed by atoms with Crippen molar-refractivity contribution in [3.63, 3.8) is 0 Å². The maximum atomic E-state index is 14.4. The Balaban J connectivity index is 1.72. The van der Waals surface area contributed by atoms with E-state index in [-0.39, 0.29) is 35.9 Å². The van der Waals surface area contributed by atoms with Gasteiger partial charge in [0.2, 0.25) is 11.7 Å². The lowest BCUT2D eigenvalue weighted by Crippen LogP contribution is -2.47. The quantitative estimate of drug-likeness (QED) is 0.752. The predicted octanol–water partition coefficient (Wildman–Crippen LogP) is 2.62. The van der Waals surface area contributed by atoms with Crippen LogP contribution in [0.2, 0.25) is 5.02 Å². The van der Waals surface area contributed by atoms with Gasteiger partial charge < -0.3 is 10.1 Å². The fraction of sp³-hybridized carbons (Fsp3) is 0.500. The molecule has 1 aliphatic rings. The molecule has 162 valence electrons. The normalized spacial score (nSPS) is 19.1. The summed E-state index contributed by atoms with van der Waals surface area (Å²) in [6.45, 7) is 4.54. The highest BCUT2D eigenvalue weighted by Crippen LogP contribution is 2.27. The molecule has 0 aliphatic carbocycles. The summed E-state index contributed by atoms with van der Waals surface area (Å²) in [4.78, 5) is 26.0. The van der Waals surface area contributed by atoms with Gasteiger partial charge >= 0.3 is 6.09 Å². The van der Waals surface area contributed by atoms with E-state index in [2.05, 4.69) is 25.9 Å². The Bertz CT molecular complexity index is 935. The molecule has 2 N–H and O–H groups in total. The van der Waals surface area contributed by atoms with Gasteiger partial charge in [-0.05, 0) is 38.1 Å². The van der Waals surface area contributed by atoms with Gasteiger partial charge in [-0.1, -0.05) is 11.6 Å². The van der Waals surface area contributed by atoms with Gasteiger partial charge in [-0.2, -0.15) is 5.21 Å². The van der Waals surface area contributed by atoms with Crippen LogP contribution < -0.4 is 5.32 Å². The van der Waals surface area contributed by atoms with Crippen molar-refractivity contribution in [3.05, 3.63) is 28.5 Å². The molecule has 1 aliphatic heterocycles. The van der Waals surface area contributed by atoms with Crippen LogP contribution in [0, 0.1) is 5.82 Å². The van der Waals surface area contributed by atoms with Crippen LogP contribution in [0.5, 0.6) is 0 Å². The zero-order valence-electron chi connectivity index (χ0n) is 16.6. The summed E-state index contributed by atoms with van der Waals surface area (Å²) in [5, 5.41) is 15.7. The predicted molar refractivity (Wildman–Crippen MR) is 103 cm³/mol. The van der Waals surface area contributed by atoms with Crippen LogP contribution in [0.1, 0.15) is 32.8 Å². The Morgan fingerprint density at radius 1 is 1.40 bits per heavy atom. The summed E-state index contributed by atoms with van der Waals surface area (Å²) < 4.78 is 33.6. The Kier molecular flexibility index (Phi) is 6.20. The number of hydrogen-bond donors (Lipinski definition) is 2. The zero-order chi connectivity index (χ0) is 22.1. The maximum Gasteiger partial charge on any atom is 0.411 e. The van der Waals surface area contributed by atoms with Crippen molar-refractivity contribution in [2.45, 2.75) is 51.6 Å². The number of amides is 2. The molecule has 9 nitrogen and oxygen atoms in total. The number of carbonyl (C=O) groups excluding carboxylic acids is 2. The monoisotopic (exact) mass is 442 g/mol. The maximum absolute atomic E-state index is 14.4. The molecule has 1 aromatic carbocycles. The number of ether oxygens (including phenoxy) is 1. The first-order valence-electron chi connectivity index (χ1n) is 9.18. The molecule has 0 bridgehead atoms. The molecular weight excluding hydrogens is 422 g/mol. The molecule has 0 saturated carbocycles. The van der Waals surface area contributed by atoms with Crippen LogP contribution in [-0.2, 0) is 16.1 Å². The molecule has 30 heavy (non-hydrogen) atoms. The summed E-state index contributed by atoms with van der Waals surface area (Å²) in [6, 6.07) is 1.70. The number of carbonyl (C=O) groups is 2. The van der Waals surface area contributed by atoms with Crippen LogP contribution in [0.15, 0.2) is 12.1 Å². The molecule has 0 spiro atoms. The van der Waals surface area contributed by atoms with Crippen LogP contribution in [-0.4, -0.2) is 61.9 Å². The Morgan fingerprint density at radius 3 is 2.77 bits per heavy atom. The Morgan fingerprint density at radius 2 is 2.13 bits per heavy atom. The van der Waals surface area contributed by atoms with Gasteiger partial charge in [0, 0.05) is 24.1 Å². The topological polar surface area (TPSA) is 113 Å². The molecule has 12 heteroatoms. The van der Waals surface area contributed by atoms with Gasteiger partial charge in [0.25, 0.3) is 0 Å². The minimum Gasteiger partial charge on any atom is -0.444 e. The molecular formula is C18H21ClF2N6O3. The summed E-state index contributed by atoms with van der Waals surface area (Å²) >= 11 is 5.93. The summed E-state index contributed by atoms with van der Waals surface area (Å²) in [5.41, 5.74) is -0.309. The van der Waals surface area contributed by atoms with E-state index in [1.54, 1.807) is 20.8 Å². The number of alkyl halides is 1.